The fourth-order valence-corrected chi connectivity index (χ4v) is 3.36. The fraction of sp³-hybridized carbons (Fsp3) is 0.0500. The van der Waals surface area contributed by atoms with E-state index in [0.717, 1.165) is 21.3 Å². The first-order valence-electron chi connectivity index (χ1n) is 8.09. The van der Waals surface area contributed by atoms with E-state index in [4.69, 9.17) is 4.74 Å². The smallest absolute Gasteiger partial charge is 0.264 e. The molecule has 4 rings (SSSR count). The van der Waals surface area contributed by atoms with Crippen LogP contribution in [0.4, 0.5) is 5.13 Å². The number of nitrogens with zero attached hydrogens (tertiary/aromatic N) is 2. The summed E-state index contributed by atoms with van der Waals surface area (Å²) >= 11 is 1.33. The van der Waals surface area contributed by atoms with Crippen LogP contribution in [0.2, 0.25) is 0 Å². The van der Waals surface area contributed by atoms with E-state index in [1.165, 1.54) is 11.3 Å². The lowest BCUT2D eigenvalue weighted by molar-refractivity contribution is -0.118. The summed E-state index contributed by atoms with van der Waals surface area (Å²) in [7, 11) is 0. The van der Waals surface area contributed by atoms with Crippen molar-refractivity contribution in [3.05, 3.63) is 72.8 Å². The van der Waals surface area contributed by atoms with Crippen LogP contribution in [0.15, 0.2) is 72.8 Å². The first kappa shape index (κ1) is 16.2. The van der Waals surface area contributed by atoms with Gasteiger partial charge in [0.15, 0.2) is 6.61 Å². The molecule has 1 aromatic heterocycles. The summed E-state index contributed by atoms with van der Waals surface area (Å²) in [4.78, 5) is 12.2. The molecule has 0 saturated heterocycles. The average molecular weight is 361 g/mol. The Morgan fingerprint density at radius 2 is 1.69 bits per heavy atom. The minimum Gasteiger partial charge on any atom is -0.483 e. The average Bonchev–Trinajstić information content (AvgIpc) is 3.15. The van der Waals surface area contributed by atoms with Crippen LogP contribution in [0.3, 0.4) is 0 Å². The summed E-state index contributed by atoms with van der Waals surface area (Å²) in [5.41, 5.74) is 0.970. The molecule has 1 heterocycles. The van der Waals surface area contributed by atoms with Gasteiger partial charge in [-0.1, -0.05) is 78.1 Å². The topological polar surface area (TPSA) is 64.1 Å². The zero-order valence-electron chi connectivity index (χ0n) is 13.8. The molecule has 0 radical (unpaired) electrons. The molecular formula is C20H15N3O2S. The molecule has 6 heteroatoms. The molecule has 128 valence electrons. The van der Waals surface area contributed by atoms with Crippen LogP contribution in [0.5, 0.6) is 5.75 Å². The maximum absolute atomic E-state index is 12.2. The Bertz CT molecular complexity index is 1040. The minimum absolute atomic E-state index is 0.0890. The first-order valence-corrected chi connectivity index (χ1v) is 8.90. The predicted octanol–water partition coefficient (Wildman–Crippen LogP) is 4.38. The molecule has 0 aliphatic heterocycles. The molecule has 0 aliphatic rings. The number of amides is 1. The molecule has 0 aliphatic carbocycles. The lowest BCUT2D eigenvalue weighted by atomic mass is 10.1. The second-order valence-electron chi connectivity index (χ2n) is 5.59. The van der Waals surface area contributed by atoms with Gasteiger partial charge in [0.2, 0.25) is 5.13 Å². The number of benzene rings is 3. The van der Waals surface area contributed by atoms with Crippen molar-refractivity contribution in [2.75, 3.05) is 11.9 Å². The standard InChI is InChI=1S/C20H15N3O2S/c24-18(13-25-17-12-6-10-14-7-4-5-11-16(14)17)21-20-23-22-19(26-20)15-8-2-1-3-9-15/h1-12H,13H2,(H,21,23,24). The van der Waals surface area contributed by atoms with Gasteiger partial charge in [0.25, 0.3) is 5.91 Å². The summed E-state index contributed by atoms with van der Waals surface area (Å²) < 4.78 is 5.69. The summed E-state index contributed by atoms with van der Waals surface area (Å²) in [5.74, 6) is 0.411. The number of nitrogens with one attached hydrogen (secondary N) is 1. The highest BCUT2D eigenvalue weighted by molar-refractivity contribution is 7.18. The molecule has 1 N–H and O–H groups in total. The third-order valence-electron chi connectivity index (χ3n) is 3.80. The van der Waals surface area contributed by atoms with Gasteiger partial charge in [0, 0.05) is 10.9 Å². The number of carbonyl (C=O) groups is 1. The molecular weight excluding hydrogens is 346 g/mol. The van der Waals surface area contributed by atoms with Gasteiger partial charge >= 0.3 is 0 Å². The summed E-state index contributed by atoms with van der Waals surface area (Å²) in [6.07, 6.45) is 0. The maximum atomic E-state index is 12.2. The summed E-state index contributed by atoms with van der Waals surface area (Å²) in [5, 5.41) is 14.1. The van der Waals surface area contributed by atoms with E-state index in [1.54, 1.807) is 0 Å². The van der Waals surface area contributed by atoms with Crippen LogP contribution < -0.4 is 10.1 Å². The second-order valence-corrected chi connectivity index (χ2v) is 6.57. The van der Waals surface area contributed by atoms with Crippen molar-refractivity contribution in [3.8, 4) is 16.3 Å². The highest BCUT2D eigenvalue weighted by Crippen LogP contribution is 2.27. The Kier molecular flexibility index (Phi) is 4.57. The molecule has 1 amide bonds. The lowest BCUT2D eigenvalue weighted by Crippen LogP contribution is -2.20. The Labute approximate surface area is 154 Å². The number of anilines is 1. The van der Waals surface area contributed by atoms with Crippen molar-refractivity contribution < 1.29 is 9.53 Å². The van der Waals surface area contributed by atoms with E-state index >= 15 is 0 Å². The third kappa shape index (κ3) is 3.55. The molecule has 3 aromatic carbocycles. The fourth-order valence-electron chi connectivity index (χ4n) is 2.59. The number of rotatable bonds is 5. The molecule has 0 spiro atoms. The van der Waals surface area contributed by atoms with Crippen LogP contribution in [0.1, 0.15) is 0 Å². The quantitative estimate of drug-likeness (QED) is 0.573. The normalized spacial score (nSPS) is 10.6. The van der Waals surface area contributed by atoms with Crippen molar-refractivity contribution in [2.24, 2.45) is 0 Å². The lowest BCUT2D eigenvalue weighted by Gasteiger charge is -2.08. The van der Waals surface area contributed by atoms with Crippen LogP contribution >= 0.6 is 11.3 Å². The molecule has 0 atom stereocenters. The van der Waals surface area contributed by atoms with Gasteiger partial charge in [0.1, 0.15) is 10.8 Å². The van der Waals surface area contributed by atoms with Gasteiger partial charge in [-0.15, -0.1) is 10.2 Å². The Balaban J connectivity index is 1.41. The van der Waals surface area contributed by atoms with E-state index in [9.17, 15) is 4.79 Å². The Hall–Kier alpha value is -3.25. The summed E-state index contributed by atoms with van der Waals surface area (Å²) in [6.45, 7) is -0.0890. The van der Waals surface area contributed by atoms with Crippen LogP contribution in [-0.2, 0) is 4.79 Å². The Morgan fingerprint density at radius 3 is 2.58 bits per heavy atom. The largest absolute Gasteiger partial charge is 0.483 e. The van der Waals surface area contributed by atoms with Gasteiger partial charge in [-0.3, -0.25) is 10.1 Å². The molecule has 0 fully saturated rings. The number of fused-ring (bicyclic) bond motifs is 1. The van der Waals surface area contributed by atoms with Gasteiger partial charge in [-0.05, 0) is 11.5 Å². The molecule has 26 heavy (non-hydrogen) atoms. The Morgan fingerprint density at radius 1 is 0.923 bits per heavy atom. The van der Waals surface area contributed by atoms with Gasteiger partial charge in [-0.25, -0.2) is 0 Å². The van der Waals surface area contributed by atoms with Crippen molar-refractivity contribution in [1.82, 2.24) is 10.2 Å². The molecule has 0 bridgehead atoms. The third-order valence-corrected chi connectivity index (χ3v) is 4.69. The van der Waals surface area contributed by atoms with Gasteiger partial charge in [0.05, 0.1) is 0 Å². The van der Waals surface area contributed by atoms with E-state index < -0.39 is 0 Å². The van der Waals surface area contributed by atoms with Crippen LogP contribution in [0, 0.1) is 0 Å². The highest BCUT2D eigenvalue weighted by Gasteiger charge is 2.11. The first-order chi connectivity index (χ1) is 12.8. The van der Waals surface area contributed by atoms with Gasteiger partial charge in [-0.2, -0.15) is 0 Å². The van der Waals surface area contributed by atoms with Crippen LogP contribution in [0.25, 0.3) is 21.3 Å². The molecule has 4 aromatic rings. The van der Waals surface area contributed by atoms with E-state index in [1.807, 2.05) is 72.8 Å². The van der Waals surface area contributed by atoms with Crippen LogP contribution in [-0.4, -0.2) is 22.7 Å². The SMILES string of the molecule is O=C(COc1cccc2ccccc12)Nc1nnc(-c2ccccc2)s1. The van der Waals surface area contributed by atoms with E-state index in [2.05, 4.69) is 15.5 Å². The number of carbonyl (C=O) groups excluding carboxylic acids is 1. The zero-order valence-corrected chi connectivity index (χ0v) is 14.6. The second kappa shape index (κ2) is 7.33. The monoisotopic (exact) mass is 361 g/mol. The van der Waals surface area contributed by atoms with E-state index in [-0.39, 0.29) is 12.5 Å². The maximum Gasteiger partial charge on any atom is 0.264 e. The van der Waals surface area contributed by atoms with Crippen molar-refractivity contribution in [3.63, 3.8) is 0 Å². The zero-order chi connectivity index (χ0) is 17.8. The number of hydrogen-bond acceptors (Lipinski definition) is 5. The molecule has 5 nitrogen and oxygen atoms in total. The van der Waals surface area contributed by atoms with Crippen molar-refractivity contribution in [2.45, 2.75) is 0 Å². The number of hydrogen-bond donors (Lipinski definition) is 1. The predicted molar refractivity (Wildman–Crippen MR) is 103 cm³/mol. The number of aromatic nitrogens is 2. The summed E-state index contributed by atoms with van der Waals surface area (Å²) in [6, 6.07) is 23.4. The van der Waals surface area contributed by atoms with Crippen molar-refractivity contribution >= 4 is 33.1 Å². The highest BCUT2D eigenvalue weighted by atomic mass is 32.1. The molecule has 0 saturated carbocycles. The minimum atomic E-state index is -0.270. The van der Waals surface area contributed by atoms with Gasteiger partial charge < -0.3 is 4.74 Å². The van der Waals surface area contributed by atoms with Crippen molar-refractivity contribution in [1.29, 1.82) is 0 Å². The number of ether oxygens (including phenoxy) is 1. The molecule has 0 unspecified atom stereocenters. The van der Waals surface area contributed by atoms with E-state index in [0.29, 0.717) is 10.9 Å².